The van der Waals surface area contributed by atoms with Crippen molar-refractivity contribution >= 4 is 38.0 Å². The zero-order valence-corrected chi connectivity index (χ0v) is 12.3. The van der Waals surface area contributed by atoms with Crippen LogP contribution in [0.25, 0.3) is 32.3 Å². The highest BCUT2D eigenvalue weighted by atomic mass is 14.9. The number of nitrogens with one attached hydrogen (secondary N) is 1. The highest BCUT2D eigenvalue weighted by molar-refractivity contribution is 6.18. The van der Waals surface area contributed by atoms with E-state index in [1.165, 1.54) is 32.3 Å². The van der Waals surface area contributed by atoms with E-state index in [9.17, 15) is 0 Å². The van der Waals surface area contributed by atoms with Gasteiger partial charge >= 0.3 is 0 Å². The smallest absolute Gasteiger partial charge is 0.0422 e. The summed E-state index contributed by atoms with van der Waals surface area (Å²) in [7, 11) is 0. The standard InChI is InChI=1S/C21H17N/c1-2-14-22-21-9-5-8-17-19-11-10-15-6-3-4-7-16(15)18(19)12-13-20(17)21/h2-13,22H,1,14H2. The van der Waals surface area contributed by atoms with Gasteiger partial charge in [-0.25, -0.2) is 0 Å². The Morgan fingerprint density at radius 2 is 1.36 bits per heavy atom. The molecule has 4 aromatic rings. The van der Waals surface area contributed by atoms with Crippen LogP contribution in [0.5, 0.6) is 0 Å². The van der Waals surface area contributed by atoms with Gasteiger partial charge in [-0.1, -0.05) is 66.7 Å². The number of hydrogen-bond donors (Lipinski definition) is 1. The molecule has 0 saturated heterocycles. The fourth-order valence-electron chi connectivity index (χ4n) is 3.19. The minimum atomic E-state index is 0.773. The summed E-state index contributed by atoms with van der Waals surface area (Å²) >= 11 is 0. The van der Waals surface area contributed by atoms with Gasteiger partial charge in [0.05, 0.1) is 0 Å². The molecule has 0 bridgehead atoms. The lowest BCUT2D eigenvalue weighted by molar-refractivity contribution is 1.36. The third-order valence-corrected chi connectivity index (χ3v) is 4.22. The van der Waals surface area contributed by atoms with Gasteiger partial charge in [0, 0.05) is 17.6 Å². The summed E-state index contributed by atoms with van der Waals surface area (Å²) < 4.78 is 0. The van der Waals surface area contributed by atoms with Gasteiger partial charge in [-0.3, -0.25) is 0 Å². The topological polar surface area (TPSA) is 12.0 Å². The van der Waals surface area contributed by atoms with Gasteiger partial charge < -0.3 is 5.32 Å². The molecular weight excluding hydrogens is 266 g/mol. The molecule has 0 saturated carbocycles. The SMILES string of the molecule is C=CCNc1cccc2c1ccc1c3ccccc3ccc21. The maximum absolute atomic E-state index is 3.78. The van der Waals surface area contributed by atoms with E-state index in [0.717, 1.165) is 12.2 Å². The number of hydrogen-bond acceptors (Lipinski definition) is 1. The molecule has 0 radical (unpaired) electrons. The van der Waals surface area contributed by atoms with E-state index < -0.39 is 0 Å². The van der Waals surface area contributed by atoms with Gasteiger partial charge in [0.1, 0.15) is 0 Å². The van der Waals surface area contributed by atoms with Crippen molar-refractivity contribution < 1.29 is 0 Å². The van der Waals surface area contributed by atoms with E-state index >= 15 is 0 Å². The molecule has 1 N–H and O–H groups in total. The van der Waals surface area contributed by atoms with Gasteiger partial charge in [0.25, 0.3) is 0 Å². The zero-order chi connectivity index (χ0) is 14.9. The van der Waals surface area contributed by atoms with Gasteiger partial charge in [-0.05, 0) is 33.0 Å². The molecule has 0 amide bonds. The fourth-order valence-corrected chi connectivity index (χ4v) is 3.19. The molecule has 0 fully saturated rings. The Morgan fingerprint density at radius 1 is 0.682 bits per heavy atom. The summed E-state index contributed by atoms with van der Waals surface area (Å²) in [5, 5.41) is 11.2. The van der Waals surface area contributed by atoms with Crippen molar-refractivity contribution in [2.24, 2.45) is 0 Å². The summed E-state index contributed by atoms with van der Waals surface area (Å²) in [4.78, 5) is 0. The van der Waals surface area contributed by atoms with Crippen LogP contribution in [0, 0.1) is 0 Å². The second-order valence-electron chi connectivity index (χ2n) is 5.52. The normalized spacial score (nSPS) is 11.1. The molecule has 0 aromatic heterocycles. The summed E-state index contributed by atoms with van der Waals surface area (Å²) in [5.74, 6) is 0. The fraction of sp³-hybridized carbons (Fsp3) is 0.0476. The van der Waals surface area contributed by atoms with Crippen molar-refractivity contribution in [2.45, 2.75) is 0 Å². The van der Waals surface area contributed by atoms with E-state index in [0.29, 0.717) is 0 Å². The Labute approximate surface area is 129 Å². The Balaban J connectivity index is 2.07. The van der Waals surface area contributed by atoms with Crippen molar-refractivity contribution in [1.82, 2.24) is 0 Å². The van der Waals surface area contributed by atoms with Crippen LogP contribution in [0.4, 0.5) is 5.69 Å². The molecule has 0 spiro atoms. The van der Waals surface area contributed by atoms with E-state index in [1.807, 2.05) is 6.08 Å². The lowest BCUT2D eigenvalue weighted by Gasteiger charge is -2.11. The van der Waals surface area contributed by atoms with E-state index in [2.05, 4.69) is 78.6 Å². The van der Waals surface area contributed by atoms with Crippen LogP contribution in [-0.2, 0) is 0 Å². The van der Waals surface area contributed by atoms with Crippen LogP contribution in [-0.4, -0.2) is 6.54 Å². The van der Waals surface area contributed by atoms with Crippen molar-refractivity contribution in [1.29, 1.82) is 0 Å². The van der Waals surface area contributed by atoms with Gasteiger partial charge in [-0.2, -0.15) is 0 Å². The van der Waals surface area contributed by atoms with Crippen LogP contribution in [0.15, 0.2) is 79.4 Å². The molecule has 1 heteroatoms. The number of fused-ring (bicyclic) bond motifs is 5. The number of anilines is 1. The van der Waals surface area contributed by atoms with Crippen LogP contribution in [0.1, 0.15) is 0 Å². The monoisotopic (exact) mass is 283 g/mol. The molecule has 0 aliphatic heterocycles. The van der Waals surface area contributed by atoms with Crippen molar-refractivity contribution in [2.75, 3.05) is 11.9 Å². The van der Waals surface area contributed by atoms with Crippen LogP contribution in [0.3, 0.4) is 0 Å². The number of benzene rings is 4. The largest absolute Gasteiger partial charge is 0.381 e. The molecule has 0 heterocycles. The average Bonchev–Trinajstić information content (AvgIpc) is 2.59. The summed E-state index contributed by atoms with van der Waals surface area (Å²) in [6, 6.07) is 23.9. The van der Waals surface area contributed by atoms with E-state index in [4.69, 9.17) is 0 Å². The van der Waals surface area contributed by atoms with Crippen molar-refractivity contribution in [3.05, 3.63) is 79.4 Å². The lowest BCUT2D eigenvalue weighted by Crippen LogP contribution is -1.98. The maximum Gasteiger partial charge on any atom is 0.0422 e. The average molecular weight is 283 g/mol. The summed E-state index contributed by atoms with van der Waals surface area (Å²) in [6.07, 6.45) is 1.88. The predicted molar refractivity (Wildman–Crippen MR) is 97.6 cm³/mol. The molecule has 22 heavy (non-hydrogen) atoms. The van der Waals surface area contributed by atoms with Crippen molar-refractivity contribution in [3.8, 4) is 0 Å². The maximum atomic E-state index is 3.78. The first-order valence-electron chi connectivity index (χ1n) is 7.56. The molecule has 0 unspecified atom stereocenters. The second kappa shape index (κ2) is 5.19. The van der Waals surface area contributed by atoms with Crippen LogP contribution < -0.4 is 5.32 Å². The van der Waals surface area contributed by atoms with Crippen LogP contribution in [0.2, 0.25) is 0 Å². The first-order valence-corrected chi connectivity index (χ1v) is 7.56. The van der Waals surface area contributed by atoms with E-state index in [-0.39, 0.29) is 0 Å². The highest BCUT2D eigenvalue weighted by Gasteiger charge is 2.06. The Bertz CT molecular complexity index is 998. The minimum absolute atomic E-state index is 0.773. The van der Waals surface area contributed by atoms with E-state index in [1.54, 1.807) is 0 Å². The minimum Gasteiger partial charge on any atom is -0.381 e. The van der Waals surface area contributed by atoms with Crippen LogP contribution >= 0.6 is 0 Å². The molecule has 1 nitrogen and oxygen atoms in total. The third-order valence-electron chi connectivity index (χ3n) is 4.22. The van der Waals surface area contributed by atoms with Gasteiger partial charge in [0.2, 0.25) is 0 Å². The summed E-state index contributed by atoms with van der Waals surface area (Å²) in [6.45, 7) is 4.55. The zero-order valence-electron chi connectivity index (χ0n) is 12.3. The van der Waals surface area contributed by atoms with Gasteiger partial charge in [-0.15, -0.1) is 6.58 Å². The Hall–Kier alpha value is -2.80. The first-order chi connectivity index (χ1) is 10.9. The highest BCUT2D eigenvalue weighted by Crippen LogP contribution is 2.33. The molecule has 0 aliphatic carbocycles. The quantitative estimate of drug-likeness (QED) is 0.373. The third kappa shape index (κ3) is 1.94. The van der Waals surface area contributed by atoms with Gasteiger partial charge in [0.15, 0.2) is 0 Å². The first kappa shape index (κ1) is 12.9. The predicted octanol–water partition coefficient (Wildman–Crippen LogP) is 5.74. The molecule has 106 valence electrons. The summed E-state index contributed by atoms with van der Waals surface area (Å²) in [5.41, 5.74) is 1.16. The van der Waals surface area contributed by atoms with Crippen molar-refractivity contribution in [3.63, 3.8) is 0 Å². The molecule has 0 aliphatic rings. The molecule has 0 atom stereocenters. The number of rotatable bonds is 3. The Morgan fingerprint density at radius 3 is 2.27 bits per heavy atom. The molecular formula is C21H17N. The lowest BCUT2D eigenvalue weighted by atomic mass is 9.96. The second-order valence-corrected chi connectivity index (χ2v) is 5.52. The Kier molecular flexibility index (Phi) is 3.05. The molecule has 4 rings (SSSR count). The molecule has 4 aromatic carbocycles.